The van der Waals surface area contributed by atoms with E-state index in [2.05, 4.69) is 9.97 Å². The van der Waals surface area contributed by atoms with E-state index in [1.807, 2.05) is 6.92 Å². The van der Waals surface area contributed by atoms with Crippen LogP contribution in [0.25, 0.3) is 11.2 Å². The number of carbonyl (C=O) groups excluding carboxylic acids is 1. The fraction of sp³-hybridized carbons (Fsp3) is 0.455. The quantitative estimate of drug-likeness (QED) is 0.426. The Kier molecular flexibility index (Phi) is 7.72. The summed E-state index contributed by atoms with van der Waals surface area (Å²) in [4.78, 5) is 43.9. The molecule has 12 heteroatoms. The molecule has 0 radical (unpaired) electrons. The van der Waals surface area contributed by atoms with Crippen molar-refractivity contribution in [2.24, 2.45) is 7.05 Å². The Morgan fingerprint density at radius 3 is 2.35 bits per heavy atom. The number of unbranched alkanes of at least 4 members (excludes halogenated alkanes) is 1. The number of aryl methyl sites for hydroxylation is 2. The number of aromatic nitrogens is 4. The molecule has 1 N–H and O–H groups in total. The average molecular weight is 492 g/mol. The summed E-state index contributed by atoms with van der Waals surface area (Å²) in [6, 6.07) is 5.51. The number of ether oxygens (including phenoxy) is 1. The zero-order valence-corrected chi connectivity index (χ0v) is 20.5. The minimum atomic E-state index is -3.63. The maximum atomic E-state index is 12.6. The van der Waals surface area contributed by atoms with Gasteiger partial charge in [-0.3, -0.25) is 14.3 Å². The maximum absolute atomic E-state index is 12.6. The van der Waals surface area contributed by atoms with Crippen molar-refractivity contribution in [3.05, 3.63) is 56.5 Å². The second-order valence-corrected chi connectivity index (χ2v) is 9.65. The summed E-state index contributed by atoms with van der Waals surface area (Å²) in [6.07, 6.45) is 1.60. The number of hydrogen-bond donors (Lipinski definition) is 1. The van der Waals surface area contributed by atoms with E-state index in [0.717, 1.165) is 12.8 Å². The highest BCUT2D eigenvalue weighted by Gasteiger charge is 2.22. The molecule has 0 saturated carbocycles. The highest BCUT2D eigenvalue weighted by atomic mass is 32.2. The minimum absolute atomic E-state index is 0.0902. The fourth-order valence-corrected chi connectivity index (χ4v) is 5.09. The van der Waals surface area contributed by atoms with E-state index in [9.17, 15) is 22.8 Å². The van der Waals surface area contributed by atoms with Crippen LogP contribution in [0.15, 0.2) is 38.8 Å². The number of fused-ring (bicyclic) bond motifs is 1. The number of nitrogens with one attached hydrogen (secondary N) is 1. The molecule has 0 aliphatic rings. The molecule has 184 valence electrons. The van der Waals surface area contributed by atoms with Gasteiger partial charge in [0.25, 0.3) is 5.56 Å². The molecule has 0 aliphatic heterocycles. The number of benzene rings is 1. The fourth-order valence-electron chi connectivity index (χ4n) is 3.63. The molecule has 0 saturated heterocycles. The van der Waals surface area contributed by atoms with E-state index >= 15 is 0 Å². The van der Waals surface area contributed by atoms with Gasteiger partial charge >= 0.3 is 11.7 Å². The first-order valence-corrected chi connectivity index (χ1v) is 12.5. The van der Waals surface area contributed by atoms with Crippen LogP contribution >= 0.6 is 0 Å². The lowest BCUT2D eigenvalue weighted by Crippen LogP contribution is -2.31. The highest BCUT2D eigenvalue weighted by Crippen LogP contribution is 2.17. The SMILES string of the molecule is CCCCn1c(=O)[nH]c(=O)c2c1nc(COC(=O)c1ccc(S(=O)(=O)N(CC)CC)cc1)n2C. The van der Waals surface area contributed by atoms with E-state index in [0.29, 0.717) is 25.5 Å². The summed E-state index contributed by atoms with van der Waals surface area (Å²) in [7, 11) is -2.02. The van der Waals surface area contributed by atoms with Crippen LogP contribution in [0.1, 0.15) is 49.8 Å². The third-order valence-electron chi connectivity index (χ3n) is 5.61. The third kappa shape index (κ3) is 4.82. The Morgan fingerprint density at radius 2 is 1.76 bits per heavy atom. The van der Waals surface area contributed by atoms with Crippen LogP contribution in [0, 0.1) is 0 Å². The molecule has 2 aromatic heterocycles. The predicted octanol–water partition coefficient (Wildman–Crippen LogP) is 1.61. The number of aromatic amines is 1. The normalized spacial score (nSPS) is 11.9. The van der Waals surface area contributed by atoms with Gasteiger partial charge in [0.1, 0.15) is 12.4 Å². The van der Waals surface area contributed by atoms with Crippen molar-refractivity contribution in [1.82, 2.24) is 23.4 Å². The summed E-state index contributed by atoms with van der Waals surface area (Å²) in [6.45, 7) is 6.36. The Morgan fingerprint density at radius 1 is 1.12 bits per heavy atom. The van der Waals surface area contributed by atoms with Gasteiger partial charge in [0.05, 0.1) is 10.5 Å². The van der Waals surface area contributed by atoms with Crippen molar-refractivity contribution in [2.75, 3.05) is 13.1 Å². The number of imidazole rings is 1. The standard InChI is InChI=1S/C22H29N5O6S/c1-5-8-13-27-19-18(20(28)24-22(27)30)25(4)17(23-19)14-33-21(29)15-9-11-16(12-10-15)34(31,32)26(6-2)7-3/h9-12H,5-8,13-14H2,1-4H3,(H,24,28,30). The van der Waals surface area contributed by atoms with Crippen molar-refractivity contribution in [3.63, 3.8) is 0 Å². The second-order valence-electron chi connectivity index (χ2n) is 7.71. The molecule has 0 amide bonds. The van der Waals surface area contributed by atoms with Crippen molar-refractivity contribution >= 4 is 27.2 Å². The molecule has 1 aromatic carbocycles. The van der Waals surface area contributed by atoms with Gasteiger partial charge in [-0.15, -0.1) is 0 Å². The molecule has 3 rings (SSSR count). The molecular weight excluding hydrogens is 462 g/mol. The monoisotopic (exact) mass is 491 g/mol. The van der Waals surface area contributed by atoms with Gasteiger partial charge in [-0.05, 0) is 30.7 Å². The lowest BCUT2D eigenvalue weighted by Gasteiger charge is -2.18. The Hall–Kier alpha value is -3.25. The Bertz CT molecular complexity index is 1400. The summed E-state index contributed by atoms with van der Waals surface area (Å²) in [5.41, 5.74) is -0.470. The molecule has 0 spiro atoms. The molecule has 34 heavy (non-hydrogen) atoms. The number of H-pyrrole nitrogens is 1. The molecular formula is C22H29N5O6S. The first kappa shape index (κ1) is 25.4. The van der Waals surface area contributed by atoms with Crippen molar-refractivity contribution in [1.29, 1.82) is 0 Å². The molecule has 3 aromatic rings. The zero-order chi connectivity index (χ0) is 25.0. The van der Waals surface area contributed by atoms with Crippen LogP contribution in [0.3, 0.4) is 0 Å². The van der Waals surface area contributed by atoms with E-state index in [1.165, 1.54) is 37.7 Å². The Balaban J connectivity index is 1.82. The van der Waals surface area contributed by atoms with E-state index in [1.54, 1.807) is 20.9 Å². The number of nitrogens with zero attached hydrogens (tertiary/aromatic N) is 4. The third-order valence-corrected chi connectivity index (χ3v) is 7.67. The van der Waals surface area contributed by atoms with Crippen molar-refractivity contribution in [3.8, 4) is 0 Å². The number of carbonyl (C=O) groups is 1. The molecule has 0 atom stereocenters. The predicted molar refractivity (Wildman–Crippen MR) is 126 cm³/mol. The summed E-state index contributed by atoms with van der Waals surface area (Å²) < 4.78 is 34.8. The Labute approximate surface area is 197 Å². The van der Waals surface area contributed by atoms with Gasteiger partial charge in [-0.2, -0.15) is 4.31 Å². The van der Waals surface area contributed by atoms with Crippen LogP contribution in [0.4, 0.5) is 0 Å². The highest BCUT2D eigenvalue weighted by molar-refractivity contribution is 7.89. The van der Waals surface area contributed by atoms with E-state index in [4.69, 9.17) is 4.74 Å². The van der Waals surface area contributed by atoms with Gasteiger partial charge in [0, 0.05) is 26.7 Å². The lowest BCUT2D eigenvalue weighted by atomic mass is 10.2. The largest absolute Gasteiger partial charge is 0.454 e. The first-order valence-electron chi connectivity index (χ1n) is 11.1. The molecule has 0 bridgehead atoms. The number of sulfonamides is 1. The molecule has 0 aliphatic carbocycles. The topological polar surface area (TPSA) is 136 Å². The van der Waals surface area contributed by atoms with Crippen LogP contribution in [0.2, 0.25) is 0 Å². The van der Waals surface area contributed by atoms with Crippen LogP contribution < -0.4 is 11.2 Å². The summed E-state index contributed by atoms with van der Waals surface area (Å²) in [5, 5.41) is 0. The molecule has 11 nitrogen and oxygen atoms in total. The molecule has 0 fully saturated rings. The molecule has 0 unspecified atom stereocenters. The van der Waals surface area contributed by atoms with Crippen LogP contribution in [-0.4, -0.2) is 50.9 Å². The maximum Gasteiger partial charge on any atom is 0.338 e. The first-order chi connectivity index (χ1) is 16.1. The second kappa shape index (κ2) is 10.3. The number of rotatable bonds is 10. The van der Waals surface area contributed by atoms with Crippen LogP contribution in [-0.2, 0) is 35.0 Å². The van der Waals surface area contributed by atoms with Crippen molar-refractivity contribution < 1.29 is 17.9 Å². The van der Waals surface area contributed by atoms with Crippen LogP contribution in [0.5, 0.6) is 0 Å². The smallest absolute Gasteiger partial charge is 0.338 e. The van der Waals surface area contributed by atoms with Gasteiger partial charge in [0.2, 0.25) is 10.0 Å². The van der Waals surface area contributed by atoms with Crippen molar-refractivity contribution in [2.45, 2.75) is 51.7 Å². The number of hydrogen-bond acceptors (Lipinski definition) is 7. The lowest BCUT2D eigenvalue weighted by molar-refractivity contribution is 0.0459. The summed E-state index contributed by atoms with van der Waals surface area (Å²) >= 11 is 0. The zero-order valence-electron chi connectivity index (χ0n) is 19.7. The van der Waals surface area contributed by atoms with Gasteiger partial charge in [0.15, 0.2) is 11.2 Å². The minimum Gasteiger partial charge on any atom is -0.454 e. The van der Waals surface area contributed by atoms with Gasteiger partial charge < -0.3 is 9.30 Å². The van der Waals surface area contributed by atoms with Gasteiger partial charge in [-0.25, -0.2) is 23.0 Å². The summed E-state index contributed by atoms with van der Waals surface area (Å²) in [5.74, 6) is -0.374. The number of esters is 1. The van der Waals surface area contributed by atoms with Gasteiger partial charge in [-0.1, -0.05) is 27.2 Å². The molecule has 2 heterocycles. The average Bonchev–Trinajstić information content (AvgIpc) is 3.14. The van der Waals surface area contributed by atoms with E-state index < -0.39 is 27.2 Å². The van der Waals surface area contributed by atoms with E-state index in [-0.39, 0.29) is 28.2 Å².